The second-order valence-electron chi connectivity index (χ2n) is 5.36. The van der Waals surface area contributed by atoms with Crippen molar-refractivity contribution in [3.8, 4) is 0 Å². The Balaban J connectivity index is 2.15. The summed E-state index contributed by atoms with van der Waals surface area (Å²) in [5.41, 5.74) is -0.824. The SMILES string of the molecule is CC1(C(=O)O)CCCCC1NC(=O)c1ccnc(F)c1. The number of halogens is 1. The van der Waals surface area contributed by atoms with Gasteiger partial charge in [-0.2, -0.15) is 4.39 Å². The number of carboxylic acids is 1. The van der Waals surface area contributed by atoms with Crippen LogP contribution in [0, 0.1) is 11.4 Å². The largest absolute Gasteiger partial charge is 0.481 e. The molecule has 6 heteroatoms. The van der Waals surface area contributed by atoms with Gasteiger partial charge in [-0.05, 0) is 25.8 Å². The van der Waals surface area contributed by atoms with Crippen LogP contribution >= 0.6 is 0 Å². The molecule has 1 fully saturated rings. The molecule has 2 rings (SSSR count). The van der Waals surface area contributed by atoms with Crippen molar-refractivity contribution in [2.24, 2.45) is 5.41 Å². The van der Waals surface area contributed by atoms with E-state index in [1.54, 1.807) is 6.92 Å². The Labute approximate surface area is 116 Å². The number of nitrogens with one attached hydrogen (secondary N) is 1. The van der Waals surface area contributed by atoms with E-state index < -0.39 is 29.3 Å². The highest BCUT2D eigenvalue weighted by Gasteiger charge is 2.43. The molecular formula is C14H17FN2O3. The van der Waals surface area contributed by atoms with Crippen molar-refractivity contribution < 1.29 is 19.1 Å². The maximum absolute atomic E-state index is 13.0. The van der Waals surface area contributed by atoms with Gasteiger partial charge in [0.25, 0.3) is 5.91 Å². The molecule has 108 valence electrons. The minimum absolute atomic E-state index is 0.149. The summed E-state index contributed by atoms with van der Waals surface area (Å²) >= 11 is 0. The van der Waals surface area contributed by atoms with Gasteiger partial charge in [0.1, 0.15) is 0 Å². The van der Waals surface area contributed by atoms with E-state index >= 15 is 0 Å². The van der Waals surface area contributed by atoms with Gasteiger partial charge in [-0.15, -0.1) is 0 Å². The van der Waals surface area contributed by atoms with Gasteiger partial charge in [0, 0.05) is 23.9 Å². The van der Waals surface area contributed by atoms with E-state index in [1.807, 2.05) is 0 Å². The fourth-order valence-electron chi connectivity index (χ4n) is 2.61. The second kappa shape index (κ2) is 5.56. The predicted octanol–water partition coefficient (Wildman–Crippen LogP) is 1.98. The Morgan fingerprint density at radius 3 is 2.90 bits per heavy atom. The summed E-state index contributed by atoms with van der Waals surface area (Å²) in [6.07, 6.45) is 4.05. The van der Waals surface area contributed by atoms with E-state index in [4.69, 9.17) is 0 Å². The molecule has 0 spiro atoms. The number of aliphatic carboxylic acids is 1. The molecule has 0 radical (unpaired) electrons. The van der Waals surface area contributed by atoms with E-state index in [0.29, 0.717) is 12.8 Å². The molecule has 0 bridgehead atoms. The van der Waals surface area contributed by atoms with Crippen molar-refractivity contribution in [2.75, 3.05) is 0 Å². The summed E-state index contributed by atoms with van der Waals surface area (Å²) in [6.45, 7) is 1.65. The fraction of sp³-hybridized carbons (Fsp3) is 0.500. The second-order valence-corrected chi connectivity index (χ2v) is 5.36. The highest BCUT2D eigenvalue weighted by molar-refractivity contribution is 5.94. The number of carboxylic acid groups (broad SMARTS) is 1. The first kappa shape index (κ1) is 14.4. The topological polar surface area (TPSA) is 79.3 Å². The molecule has 1 heterocycles. The number of amides is 1. The van der Waals surface area contributed by atoms with Crippen LogP contribution in [-0.4, -0.2) is 28.0 Å². The number of carbonyl (C=O) groups excluding carboxylic acids is 1. The fourth-order valence-corrected chi connectivity index (χ4v) is 2.61. The van der Waals surface area contributed by atoms with E-state index in [1.165, 1.54) is 12.3 Å². The minimum Gasteiger partial charge on any atom is -0.481 e. The first-order valence-corrected chi connectivity index (χ1v) is 6.59. The Hall–Kier alpha value is -1.98. The molecule has 1 aliphatic carbocycles. The third kappa shape index (κ3) is 2.79. The van der Waals surface area contributed by atoms with Crippen molar-refractivity contribution in [3.05, 3.63) is 29.8 Å². The maximum atomic E-state index is 13.0. The van der Waals surface area contributed by atoms with E-state index in [2.05, 4.69) is 10.3 Å². The van der Waals surface area contributed by atoms with Crippen LogP contribution in [0.4, 0.5) is 4.39 Å². The Morgan fingerprint density at radius 2 is 2.25 bits per heavy atom. The molecular weight excluding hydrogens is 263 g/mol. The molecule has 1 aliphatic rings. The Morgan fingerprint density at radius 1 is 1.50 bits per heavy atom. The molecule has 0 saturated heterocycles. The summed E-state index contributed by atoms with van der Waals surface area (Å²) in [6, 6.07) is 1.99. The molecule has 5 nitrogen and oxygen atoms in total. The van der Waals surface area contributed by atoms with Crippen LogP contribution in [0.5, 0.6) is 0 Å². The highest BCUT2D eigenvalue weighted by atomic mass is 19.1. The third-order valence-electron chi connectivity index (χ3n) is 3.99. The number of pyridine rings is 1. The molecule has 2 atom stereocenters. The predicted molar refractivity (Wildman–Crippen MR) is 69.7 cm³/mol. The van der Waals surface area contributed by atoms with Gasteiger partial charge in [-0.1, -0.05) is 12.8 Å². The summed E-state index contributed by atoms with van der Waals surface area (Å²) in [5.74, 6) is -2.11. The average Bonchev–Trinajstić information content (AvgIpc) is 2.41. The standard InChI is InChI=1S/C14H17FN2O3/c1-14(13(19)20)6-3-2-4-10(14)17-12(18)9-5-7-16-11(15)8-9/h5,7-8,10H,2-4,6H2,1H3,(H,17,18)(H,19,20). The number of hydrogen-bond donors (Lipinski definition) is 2. The molecule has 1 aromatic heterocycles. The van der Waals surface area contributed by atoms with Gasteiger partial charge in [-0.3, -0.25) is 9.59 Å². The van der Waals surface area contributed by atoms with Gasteiger partial charge in [-0.25, -0.2) is 4.98 Å². The zero-order chi connectivity index (χ0) is 14.8. The average molecular weight is 280 g/mol. The van der Waals surface area contributed by atoms with E-state index in [0.717, 1.165) is 18.9 Å². The maximum Gasteiger partial charge on any atom is 0.311 e. The molecule has 1 saturated carbocycles. The molecule has 1 aromatic rings. The van der Waals surface area contributed by atoms with Crippen molar-refractivity contribution in [1.29, 1.82) is 0 Å². The third-order valence-corrected chi connectivity index (χ3v) is 3.99. The van der Waals surface area contributed by atoms with Crippen molar-refractivity contribution >= 4 is 11.9 Å². The van der Waals surface area contributed by atoms with Crippen molar-refractivity contribution in [2.45, 2.75) is 38.6 Å². The van der Waals surface area contributed by atoms with Gasteiger partial charge in [0.15, 0.2) is 0 Å². The number of hydrogen-bond acceptors (Lipinski definition) is 3. The summed E-state index contributed by atoms with van der Waals surface area (Å²) in [7, 11) is 0. The van der Waals surface area contributed by atoms with Gasteiger partial charge >= 0.3 is 5.97 Å². The van der Waals surface area contributed by atoms with Gasteiger partial charge < -0.3 is 10.4 Å². The molecule has 2 unspecified atom stereocenters. The van der Waals surface area contributed by atoms with E-state index in [9.17, 15) is 19.1 Å². The smallest absolute Gasteiger partial charge is 0.311 e. The lowest BCUT2D eigenvalue weighted by Gasteiger charge is -2.38. The lowest BCUT2D eigenvalue weighted by Crippen LogP contribution is -2.52. The number of nitrogens with zero attached hydrogens (tertiary/aromatic N) is 1. The number of aromatic nitrogens is 1. The normalized spacial score (nSPS) is 26.0. The minimum atomic E-state index is -0.973. The number of rotatable bonds is 3. The molecule has 2 N–H and O–H groups in total. The van der Waals surface area contributed by atoms with E-state index in [-0.39, 0.29) is 5.56 Å². The van der Waals surface area contributed by atoms with Crippen LogP contribution in [0.2, 0.25) is 0 Å². The first-order chi connectivity index (χ1) is 9.43. The summed E-state index contributed by atoms with van der Waals surface area (Å²) in [4.78, 5) is 26.9. The lowest BCUT2D eigenvalue weighted by molar-refractivity contribution is -0.151. The molecule has 1 amide bonds. The van der Waals surface area contributed by atoms with Crippen LogP contribution in [0.25, 0.3) is 0 Å². The van der Waals surface area contributed by atoms with Gasteiger partial charge in [0.2, 0.25) is 5.95 Å². The Bertz CT molecular complexity index is 535. The quantitative estimate of drug-likeness (QED) is 0.830. The lowest BCUT2D eigenvalue weighted by atomic mass is 9.71. The highest BCUT2D eigenvalue weighted by Crippen LogP contribution is 2.36. The van der Waals surface area contributed by atoms with Gasteiger partial charge in [0.05, 0.1) is 5.41 Å². The Kier molecular flexibility index (Phi) is 4.01. The van der Waals surface area contributed by atoms with Crippen LogP contribution < -0.4 is 5.32 Å². The van der Waals surface area contributed by atoms with Crippen LogP contribution in [0.3, 0.4) is 0 Å². The molecule has 0 aromatic carbocycles. The summed E-state index contributed by atoms with van der Waals surface area (Å²) in [5, 5.41) is 12.1. The summed E-state index contributed by atoms with van der Waals surface area (Å²) < 4.78 is 13.0. The van der Waals surface area contributed by atoms with Crippen molar-refractivity contribution in [3.63, 3.8) is 0 Å². The number of carbonyl (C=O) groups is 2. The zero-order valence-corrected chi connectivity index (χ0v) is 11.2. The van der Waals surface area contributed by atoms with Crippen molar-refractivity contribution in [1.82, 2.24) is 10.3 Å². The molecule has 0 aliphatic heterocycles. The van der Waals surface area contributed by atoms with Crippen LogP contribution in [-0.2, 0) is 4.79 Å². The zero-order valence-electron chi connectivity index (χ0n) is 11.2. The monoisotopic (exact) mass is 280 g/mol. The van der Waals surface area contributed by atoms with Crippen LogP contribution in [0.1, 0.15) is 43.0 Å². The first-order valence-electron chi connectivity index (χ1n) is 6.59. The van der Waals surface area contributed by atoms with Crippen LogP contribution in [0.15, 0.2) is 18.3 Å². The molecule has 20 heavy (non-hydrogen) atoms.